The molecule has 0 atom stereocenters. The molecule has 0 aliphatic rings. The highest BCUT2D eigenvalue weighted by atomic mass is 16.3. The lowest BCUT2D eigenvalue weighted by Crippen LogP contribution is -2.13. The molecular weight excluding hydrogens is 516 g/mol. The highest BCUT2D eigenvalue weighted by Crippen LogP contribution is 2.38. The molecule has 0 aliphatic carbocycles. The van der Waals surface area contributed by atoms with Crippen LogP contribution in [-0.2, 0) is 0 Å². The van der Waals surface area contributed by atoms with Gasteiger partial charge in [0, 0.05) is 5.39 Å². The number of benzene rings is 4. The van der Waals surface area contributed by atoms with Gasteiger partial charge in [-0.05, 0) is 87.1 Å². The Morgan fingerprint density at radius 1 is 0.690 bits per heavy atom. The van der Waals surface area contributed by atoms with Crippen molar-refractivity contribution >= 4 is 45.1 Å². The first-order valence-corrected chi connectivity index (χ1v) is 14.2. The Morgan fingerprint density at radius 2 is 1.24 bits per heavy atom. The number of pyridine rings is 1. The summed E-state index contributed by atoms with van der Waals surface area (Å²) in [5.74, 6) is 0.130. The predicted molar refractivity (Wildman–Crippen MR) is 176 cm³/mol. The second-order valence-corrected chi connectivity index (χ2v) is 11.1. The molecule has 208 valence electrons. The maximum Gasteiger partial charge on any atom is 0.206 e. The zero-order valence-electron chi connectivity index (χ0n) is 24.9. The Bertz CT molecular complexity index is 2000. The Balaban J connectivity index is 1.76. The Labute approximate surface area is 246 Å². The van der Waals surface area contributed by atoms with Crippen LogP contribution in [-0.4, -0.2) is 26.6 Å². The van der Waals surface area contributed by atoms with Gasteiger partial charge in [-0.25, -0.2) is 9.98 Å². The molecule has 0 unspecified atom stereocenters. The molecule has 0 saturated heterocycles. The van der Waals surface area contributed by atoms with Crippen molar-refractivity contribution in [3.05, 3.63) is 124 Å². The number of hydrogen-bond acceptors (Lipinski definition) is 4. The van der Waals surface area contributed by atoms with E-state index in [0.29, 0.717) is 22.3 Å². The number of hydrogen-bond donors (Lipinski definition) is 1. The highest BCUT2D eigenvalue weighted by Gasteiger charge is 2.25. The topological polar surface area (TPSA) is 62.8 Å². The lowest BCUT2D eigenvalue weighted by molar-refractivity contribution is 0.447. The van der Waals surface area contributed by atoms with Crippen LogP contribution in [0.3, 0.4) is 0 Å². The van der Waals surface area contributed by atoms with Crippen LogP contribution in [0.25, 0.3) is 27.5 Å². The molecule has 0 saturated carbocycles. The van der Waals surface area contributed by atoms with Gasteiger partial charge in [-0.1, -0.05) is 72.8 Å². The maximum absolute atomic E-state index is 12.0. The standard InChI is InChI=1S/C37H34N4O/c1-22-12-9-13-23(2)32(22)38-21-31(40-33-24(3)14-10-15-25(33)4)36-34-29(20-28-18-7-8-19-30(28)39-34)37(42)41(36)35-26(5)16-11-17-27(35)6/h7-21,42H,1-6H3. The zero-order valence-corrected chi connectivity index (χ0v) is 24.9. The molecule has 0 radical (unpaired) electrons. The average Bonchev–Trinajstić information content (AvgIpc) is 3.23. The number of aromatic nitrogens is 2. The van der Waals surface area contributed by atoms with E-state index in [9.17, 15) is 5.11 Å². The molecule has 0 spiro atoms. The number of aryl methyl sites for hydroxylation is 6. The number of rotatable bonds is 5. The van der Waals surface area contributed by atoms with Crippen LogP contribution in [0.1, 0.15) is 39.1 Å². The van der Waals surface area contributed by atoms with Gasteiger partial charge in [-0.3, -0.25) is 9.56 Å². The third kappa shape index (κ3) is 4.67. The van der Waals surface area contributed by atoms with Crippen molar-refractivity contribution in [2.24, 2.45) is 9.98 Å². The number of nitrogens with zero attached hydrogens (tertiary/aromatic N) is 4. The molecule has 2 aromatic heterocycles. The fraction of sp³-hybridized carbons (Fsp3) is 0.162. The van der Waals surface area contributed by atoms with Crippen LogP contribution < -0.4 is 0 Å². The smallest absolute Gasteiger partial charge is 0.206 e. The van der Waals surface area contributed by atoms with E-state index in [-0.39, 0.29) is 5.88 Å². The van der Waals surface area contributed by atoms with Crippen molar-refractivity contribution < 1.29 is 5.11 Å². The Morgan fingerprint density at radius 3 is 1.86 bits per heavy atom. The normalized spacial score (nSPS) is 12.2. The van der Waals surface area contributed by atoms with Gasteiger partial charge in [0.05, 0.1) is 34.2 Å². The molecule has 5 heteroatoms. The van der Waals surface area contributed by atoms with Gasteiger partial charge in [0.25, 0.3) is 0 Å². The summed E-state index contributed by atoms with van der Waals surface area (Å²) >= 11 is 0. The fourth-order valence-corrected chi connectivity index (χ4v) is 5.79. The molecule has 0 amide bonds. The molecular formula is C37H34N4O. The van der Waals surface area contributed by atoms with Gasteiger partial charge in [0.2, 0.25) is 5.88 Å². The van der Waals surface area contributed by atoms with Gasteiger partial charge in [-0.15, -0.1) is 0 Å². The zero-order chi connectivity index (χ0) is 29.5. The van der Waals surface area contributed by atoms with Crippen molar-refractivity contribution in [3.63, 3.8) is 0 Å². The van der Waals surface area contributed by atoms with E-state index in [1.165, 1.54) is 0 Å². The monoisotopic (exact) mass is 550 g/mol. The largest absolute Gasteiger partial charge is 0.494 e. The van der Waals surface area contributed by atoms with Crippen molar-refractivity contribution in [2.45, 2.75) is 41.5 Å². The number of aliphatic imine (C=N–C) groups is 2. The Hall–Kier alpha value is -5.03. The first-order valence-electron chi connectivity index (χ1n) is 14.2. The molecule has 6 aromatic rings. The lowest BCUT2D eigenvalue weighted by atomic mass is 10.1. The summed E-state index contributed by atoms with van der Waals surface area (Å²) in [4.78, 5) is 15.4. The summed E-state index contributed by atoms with van der Waals surface area (Å²) in [6.45, 7) is 12.4. The molecule has 0 bridgehead atoms. The number of fused-ring (bicyclic) bond motifs is 2. The second kappa shape index (κ2) is 10.7. The second-order valence-electron chi connectivity index (χ2n) is 11.1. The van der Waals surface area contributed by atoms with Crippen molar-refractivity contribution in [3.8, 4) is 11.6 Å². The summed E-state index contributed by atoms with van der Waals surface area (Å²) in [6.07, 6.45) is 1.83. The first-order chi connectivity index (χ1) is 20.2. The van der Waals surface area contributed by atoms with Gasteiger partial charge in [0.15, 0.2) is 0 Å². The van der Waals surface area contributed by atoms with Gasteiger partial charge in [0.1, 0.15) is 16.9 Å². The van der Waals surface area contributed by atoms with E-state index < -0.39 is 0 Å². The summed E-state index contributed by atoms with van der Waals surface area (Å²) in [7, 11) is 0. The molecule has 6 rings (SSSR count). The van der Waals surface area contributed by atoms with E-state index in [2.05, 4.69) is 77.9 Å². The lowest BCUT2D eigenvalue weighted by Gasteiger charge is -2.16. The quantitative estimate of drug-likeness (QED) is 0.217. The van der Waals surface area contributed by atoms with Gasteiger partial charge >= 0.3 is 0 Å². The SMILES string of the molecule is Cc1cccc(C)c1N=CC(=Nc1c(C)cccc1C)c1c2nc3ccccc3cc2c(O)n1-c1c(C)cccc1C. The predicted octanol–water partition coefficient (Wildman–Crippen LogP) is 9.26. The van der Waals surface area contributed by atoms with E-state index in [1.807, 2.05) is 59.3 Å². The maximum atomic E-state index is 12.0. The molecule has 0 fully saturated rings. The third-order valence-corrected chi connectivity index (χ3v) is 7.96. The number of aromatic hydroxyl groups is 1. The van der Waals surface area contributed by atoms with Crippen LogP contribution >= 0.6 is 0 Å². The average molecular weight is 551 g/mol. The highest BCUT2D eigenvalue weighted by molar-refractivity contribution is 6.41. The van der Waals surface area contributed by atoms with Crippen LogP contribution in [0, 0.1) is 41.5 Å². The number of para-hydroxylation sites is 4. The molecule has 4 aromatic carbocycles. The van der Waals surface area contributed by atoms with E-state index in [0.717, 1.165) is 61.3 Å². The summed E-state index contributed by atoms with van der Waals surface area (Å²) in [6, 6.07) is 28.5. The van der Waals surface area contributed by atoms with Crippen molar-refractivity contribution in [1.82, 2.24) is 9.55 Å². The minimum Gasteiger partial charge on any atom is -0.494 e. The van der Waals surface area contributed by atoms with Gasteiger partial charge in [-0.2, -0.15) is 0 Å². The summed E-state index contributed by atoms with van der Waals surface area (Å²) in [5.41, 5.74) is 11.9. The van der Waals surface area contributed by atoms with Gasteiger partial charge < -0.3 is 5.11 Å². The fourth-order valence-electron chi connectivity index (χ4n) is 5.79. The van der Waals surface area contributed by atoms with Crippen LogP contribution in [0.5, 0.6) is 5.88 Å². The van der Waals surface area contributed by atoms with E-state index in [4.69, 9.17) is 15.0 Å². The third-order valence-electron chi connectivity index (χ3n) is 7.96. The molecule has 5 nitrogen and oxygen atoms in total. The first kappa shape index (κ1) is 27.2. The molecule has 0 aliphatic heterocycles. The minimum absolute atomic E-state index is 0.130. The van der Waals surface area contributed by atoms with Crippen LogP contribution in [0.4, 0.5) is 11.4 Å². The van der Waals surface area contributed by atoms with Crippen molar-refractivity contribution in [1.29, 1.82) is 0 Å². The van der Waals surface area contributed by atoms with Crippen LogP contribution in [0.15, 0.2) is 94.9 Å². The van der Waals surface area contributed by atoms with E-state index in [1.54, 1.807) is 0 Å². The molecule has 2 heterocycles. The van der Waals surface area contributed by atoms with Crippen LogP contribution in [0.2, 0.25) is 0 Å². The van der Waals surface area contributed by atoms with Crippen molar-refractivity contribution in [2.75, 3.05) is 0 Å². The molecule has 42 heavy (non-hydrogen) atoms. The molecule has 1 N–H and O–H groups in total. The van der Waals surface area contributed by atoms with E-state index >= 15 is 0 Å². The Kier molecular flexibility index (Phi) is 6.95. The minimum atomic E-state index is 0.130. The summed E-state index contributed by atoms with van der Waals surface area (Å²) < 4.78 is 1.91. The summed E-state index contributed by atoms with van der Waals surface area (Å²) in [5, 5.41) is 13.6.